The molecule has 1 aromatic rings. The Morgan fingerprint density at radius 1 is 1.29 bits per heavy atom. The molecule has 0 spiro atoms. The third-order valence-electron chi connectivity index (χ3n) is 1.92. The van der Waals surface area contributed by atoms with Crippen LogP contribution in [0.25, 0.3) is 0 Å². The summed E-state index contributed by atoms with van der Waals surface area (Å²) in [5.41, 5.74) is 6.84. The van der Waals surface area contributed by atoms with Gasteiger partial charge in [0.05, 0.1) is 11.5 Å². The van der Waals surface area contributed by atoms with Crippen LogP contribution in [0.2, 0.25) is 0 Å². The summed E-state index contributed by atoms with van der Waals surface area (Å²) < 4.78 is 0. The van der Waals surface area contributed by atoms with Crippen LogP contribution in [-0.4, -0.2) is 30.4 Å². The highest BCUT2D eigenvalue weighted by Gasteiger charge is 2.04. The van der Waals surface area contributed by atoms with Crippen molar-refractivity contribution in [3.8, 4) is 0 Å². The summed E-state index contributed by atoms with van der Waals surface area (Å²) in [5, 5.41) is 5.19. The van der Waals surface area contributed by atoms with Crippen molar-refractivity contribution in [2.75, 3.05) is 29.6 Å². The van der Waals surface area contributed by atoms with Gasteiger partial charge in [0.1, 0.15) is 0 Å². The van der Waals surface area contributed by atoms with Gasteiger partial charge in [-0.25, -0.2) is 0 Å². The van der Waals surface area contributed by atoms with Crippen molar-refractivity contribution < 1.29 is 9.59 Å². The number of benzene rings is 1. The summed E-state index contributed by atoms with van der Waals surface area (Å²) in [5.74, 6) is 0.277. The number of thioether (sulfide) groups is 1. The van der Waals surface area contributed by atoms with Crippen molar-refractivity contribution in [2.45, 2.75) is 0 Å². The van der Waals surface area contributed by atoms with Gasteiger partial charge in [0.15, 0.2) is 0 Å². The van der Waals surface area contributed by atoms with E-state index in [1.165, 1.54) is 11.8 Å². The van der Waals surface area contributed by atoms with E-state index in [4.69, 9.17) is 5.73 Å². The highest BCUT2D eigenvalue weighted by molar-refractivity contribution is 8.00. The number of carbonyl (C=O) groups excluding carboxylic acids is 2. The van der Waals surface area contributed by atoms with Gasteiger partial charge in [-0.3, -0.25) is 9.59 Å². The van der Waals surface area contributed by atoms with E-state index in [2.05, 4.69) is 10.6 Å². The maximum atomic E-state index is 11.5. The van der Waals surface area contributed by atoms with Crippen LogP contribution in [-0.2, 0) is 9.59 Å². The van der Waals surface area contributed by atoms with Gasteiger partial charge in [-0.05, 0) is 18.2 Å². The van der Waals surface area contributed by atoms with E-state index in [0.717, 1.165) is 0 Å². The van der Waals surface area contributed by atoms with E-state index in [9.17, 15) is 9.59 Å². The average Bonchev–Trinajstić information content (AvgIpc) is 2.28. The second-order valence-electron chi connectivity index (χ2n) is 3.34. The topological polar surface area (TPSA) is 84.2 Å². The summed E-state index contributed by atoms with van der Waals surface area (Å²) in [4.78, 5) is 22.4. The first-order chi connectivity index (χ1) is 8.11. The van der Waals surface area contributed by atoms with Crippen molar-refractivity contribution in [1.29, 1.82) is 0 Å². The summed E-state index contributed by atoms with van der Waals surface area (Å²) >= 11 is 1.26. The lowest BCUT2D eigenvalue weighted by Gasteiger charge is -2.05. The standard InChI is InChI=1S/C11H15N3O2S/c1-13-10(15)6-17-7-11(16)14-9-4-2-3-8(12)5-9/h2-5H,6-7,12H2,1H3,(H,13,15)(H,14,16). The molecule has 0 aliphatic heterocycles. The predicted molar refractivity (Wildman–Crippen MR) is 70.9 cm³/mol. The highest BCUT2D eigenvalue weighted by atomic mass is 32.2. The van der Waals surface area contributed by atoms with E-state index in [0.29, 0.717) is 11.4 Å². The molecule has 1 rings (SSSR count). The normalized spacial score (nSPS) is 9.71. The molecule has 0 saturated heterocycles. The summed E-state index contributed by atoms with van der Waals surface area (Å²) in [6.07, 6.45) is 0. The Bertz CT molecular complexity index is 409. The minimum atomic E-state index is -0.149. The van der Waals surface area contributed by atoms with Gasteiger partial charge in [0, 0.05) is 18.4 Å². The van der Waals surface area contributed by atoms with Gasteiger partial charge >= 0.3 is 0 Å². The number of carbonyl (C=O) groups is 2. The molecule has 0 bridgehead atoms. The number of nitrogen functional groups attached to an aromatic ring is 1. The van der Waals surface area contributed by atoms with E-state index < -0.39 is 0 Å². The molecule has 6 heteroatoms. The lowest BCUT2D eigenvalue weighted by atomic mass is 10.3. The molecule has 17 heavy (non-hydrogen) atoms. The third kappa shape index (κ3) is 5.26. The Kier molecular flexibility index (Phi) is 5.35. The molecule has 0 unspecified atom stereocenters. The number of hydrogen-bond acceptors (Lipinski definition) is 4. The molecule has 92 valence electrons. The van der Waals surface area contributed by atoms with Crippen LogP contribution in [0.1, 0.15) is 0 Å². The number of nitrogens with two attached hydrogens (primary N) is 1. The van der Waals surface area contributed by atoms with Gasteiger partial charge in [-0.1, -0.05) is 6.07 Å². The van der Waals surface area contributed by atoms with Crippen LogP contribution >= 0.6 is 11.8 Å². The Hall–Kier alpha value is -1.69. The van der Waals surface area contributed by atoms with Crippen LogP contribution in [0.4, 0.5) is 11.4 Å². The molecule has 1 aromatic carbocycles. The van der Waals surface area contributed by atoms with Gasteiger partial charge in [0.25, 0.3) is 0 Å². The summed E-state index contributed by atoms with van der Waals surface area (Å²) in [7, 11) is 1.57. The first-order valence-electron chi connectivity index (χ1n) is 5.05. The molecule has 0 radical (unpaired) electrons. The number of anilines is 2. The smallest absolute Gasteiger partial charge is 0.234 e. The molecule has 2 amide bonds. The van der Waals surface area contributed by atoms with Gasteiger partial charge in [0.2, 0.25) is 11.8 Å². The molecular formula is C11H15N3O2S. The fourth-order valence-electron chi connectivity index (χ4n) is 1.12. The quantitative estimate of drug-likeness (QED) is 0.674. The number of rotatable bonds is 5. The first-order valence-corrected chi connectivity index (χ1v) is 6.21. The van der Waals surface area contributed by atoms with E-state index >= 15 is 0 Å². The summed E-state index contributed by atoms with van der Waals surface area (Å²) in [6.45, 7) is 0. The minimum Gasteiger partial charge on any atom is -0.399 e. The molecule has 0 heterocycles. The van der Waals surface area contributed by atoms with Crippen molar-refractivity contribution in [3.05, 3.63) is 24.3 Å². The van der Waals surface area contributed by atoms with Crippen LogP contribution in [0, 0.1) is 0 Å². The zero-order valence-corrected chi connectivity index (χ0v) is 10.3. The molecule has 0 aliphatic carbocycles. The molecule has 4 N–H and O–H groups in total. The molecule has 0 atom stereocenters. The molecule has 0 aliphatic rings. The van der Waals surface area contributed by atoms with Gasteiger partial charge < -0.3 is 16.4 Å². The Morgan fingerprint density at radius 3 is 2.65 bits per heavy atom. The van der Waals surface area contributed by atoms with Crippen LogP contribution in [0.15, 0.2) is 24.3 Å². The predicted octanol–water partition coefficient (Wildman–Crippen LogP) is 0.686. The van der Waals surface area contributed by atoms with Crippen molar-refractivity contribution in [1.82, 2.24) is 5.32 Å². The van der Waals surface area contributed by atoms with Crippen molar-refractivity contribution in [2.24, 2.45) is 0 Å². The number of amides is 2. The molecule has 0 saturated carbocycles. The molecule has 0 aromatic heterocycles. The largest absolute Gasteiger partial charge is 0.399 e. The molecule has 5 nitrogen and oxygen atoms in total. The third-order valence-corrected chi connectivity index (χ3v) is 2.85. The summed E-state index contributed by atoms with van der Waals surface area (Å²) in [6, 6.07) is 6.96. The number of hydrogen-bond donors (Lipinski definition) is 3. The fraction of sp³-hybridized carbons (Fsp3) is 0.273. The van der Waals surface area contributed by atoms with Gasteiger partial charge in [-0.2, -0.15) is 0 Å². The minimum absolute atomic E-state index is 0.0910. The monoisotopic (exact) mass is 253 g/mol. The molecule has 0 fully saturated rings. The van der Waals surface area contributed by atoms with Crippen molar-refractivity contribution in [3.63, 3.8) is 0 Å². The van der Waals surface area contributed by atoms with Gasteiger partial charge in [-0.15, -0.1) is 11.8 Å². The van der Waals surface area contributed by atoms with Crippen LogP contribution in [0.5, 0.6) is 0 Å². The van der Waals surface area contributed by atoms with E-state index in [-0.39, 0.29) is 23.3 Å². The first kappa shape index (κ1) is 13.4. The zero-order valence-electron chi connectivity index (χ0n) is 9.53. The second kappa shape index (κ2) is 6.80. The second-order valence-corrected chi connectivity index (χ2v) is 4.33. The highest BCUT2D eigenvalue weighted by Crippen LogP contribution is 2.12. The van der Waals surface area contributed by atoms with Crippen LogP contribution in [0.3, 0.4) is 0 Å². The SMILES string of the molecule is CNC(=O)CSCC(=O)Nc1cccc(N)c1. The Labute approximate surface area is 104 Å². The Morgan fingerprint density at radius 2 is 2.00 bits per heavy atom. The number of nitrogens with one attached hydrogen (secondary N) is 2. The van der Waals surface area contributed by atoms with Crippen molar-refractivity contribution >= 4 is 35.0 Å². The lowest BCUT2D eigenvalue weighted by molar-refractivity contribution is -0.118. The molecular weight excluding hydrogens is 238 g/mol. The van der Waals surface area contributed by atoms with Crippen LogP contribution < -0.4 is 16.4 Å². The maximum Gasteiger partial charge on any atom is 0.234 e. The Balaban J connectivity index is 2.32. The van der Waals surface area contributed by atoms with E-state index in [1.807, 2.05) is 0 Å². The average molecular weight is 253 g/mol. The lowest BCUT2D eigenvalue weighted by Crippen LogP contribution is -2.21. The zero-order chi connectivity index (χ0) is 12.7. The van der Waals surface area contributed by atoms with E-state index in [1.54, 1.807) is 31.3 Å². The maximum absolute atomic E-state index is 11.5. The fourth-order valence-corrected chi connectivity index (χ4v) is 1.81.